The minimum atomic E-state index is 0.0212. The maximum atomic E-state index is 12.1. The zero-order chi connectivity index (χ0) is 16.2. The molecule has 23 heavy (non-hydrogen) atoms. The Morgan fingerprint density at radius 1 is 1.30 bits per heavy atom. The highest BCUT2D eigenvalue weighted by atomic mass is 16.5. The first kappa shape index (κ1) is 15.7. The SMILES string of the molecule is Cc1ccc(OCCC(=O)NC2CCCc3occc32)cc1C. The second kappa shape index (κ2) is 6.90. The van der Waals surface area contributed by atoms with Gasteiger partial charge in [-0.25, -0.2) is 0 Å². The van der Waals surface area contributed by atoms with Gasteiger partial charge in [0.2, 0.25) is 5.91 Å². The molecule has 0 spiro atoms. The van der Waals surface area contributed by atoms with Crippen molar-refractivity contribution in [1.82, 2.24) is 5.32 Å². The Morgan fingerprint density at radius 3 is 3.00 bits per heavy atom. The van der Waals surface area contributed by atoms with Gasteiger partial charge in [-0.3, -0.25) is 4.79 Å². The number of benzene rings is 1. The van der Waals surface area contributed by atoms with Crippen molar-refractivity contribution in [2.45, 2.75) is 45.6 Å². The van der Waals surface area contributed by atoms with Crippen molar-refractivity contribution in [3.05, 3.63) is 53.0 Å². The number of amides is 1. The monoisotopic (exact) mass is 313 g/mol. The molecule has 0 aliphatic heterocycles. The first-order chi connectivity index (χ1) is 11.1. The molecule has 0 saturated carbocycles. The smallest absolute Gasteiger partial charge is 0.223 e. The summed E-state index contributed by atoms with van der Waals surface area (Å²) in [6.07, 6.45) is 5.04. The van der Waals surface area contributed by atoms with Crippen molar-refractivity contribution >= 4 is 5.91 Å². The van der Waals surface area contributed by atoms with Gasteiger partial charge in [0.05, 0.1) is 25.3 Å². The van der Waals surface area contributed by atoms with Crippen molar-refractivity contribution in [3.63, 3.8) is 0 Å². The molecule has 122 valence electrons. The molecular formula is C19H23NO3. The van der Waals surface area contributed by atoms with Crippen LogP contribution in [0.3, 0.4) is 0 Å². The van der Waals surface area contributed by atoms with Gasteiger partial charge in [-0.15, -0.1) is 0 Å². The summed E-state index contributed by atoms with van der Waals surface area (Å²) in [5.74, 6) is 1.84. The third kappa shape index (κ3) is 3.76. The van der Waals surface area contributed by atoms with E-state index in [1.807, 2.05) is 24.3 Å². The summed E-state index contributed by atoms with van der Waals surface area (Å²) in [7, 11) is 0. The summed E-state index contributed by atoms with van der Waals surface area (Å²) in [4.78, 5) is 12.1. The molecule has 0 bridgehead atoms. The predicted octanol–water partition coefficient (Wildman–Crippen LogP) is 3.86. The molecule has 3 rings (SSSR count). The standard InChI is InChI=1S/C19H23NO3/c1-13-6-7-15(12-14(13)2)22-11-9-19(21)20-17-4-3-5-18-16(17)8-10-23-18/h6-8,10,12,17H,3-5,9,11H2,1-2H3,(H,20,21). The zero-order valence-electron chi connectivity index (χ0n) is 13.7. The van der Waals surface area contributed by atoms with Gasteiger partial charge >= 0.3 is 0 Å². The van der Waals surface area contributed by atoms with E-state index in [9.17, 15) is 4.79 Å². The van der Waals surface area contributed by atoms with Gasteiger partial charge in [0.15, 0.2) is 0 Å². The van der Waals surface area contributed by atoms with Gasteiger partial charge in [-0.2, -0.15) is 0 Å². The van der Waals surface area contributed by atoms with E-state index in [1.165, 1.54) is 11.1 Å². The van der Waals surface area contributed by atoms with E-state index in [1.54, 1.807) is 6.26 Å². The van der Waals surface area contributed by atoms with Crippen LogP contribution in [0.25, 0.3) is 0 Å². The lowest BCUT2D eigenvalue weighted by atomic mass is 9.93. The van der Waals surface area contributed by atoms with Crippen molar-refractivity contribution < 1.29 is 13.9 Å². The molecule has 1 N–H and O–H groups in total. The first-order valence-electron chi connectivity index (χ1n) is 8.19. The molecule has 2 aromatic rings. The molecular weight excluding hydrogens is 290 g/mol. The number of aryl methyl sites for hydroxylation is 3. The molecule has 1 amide bonds. The molecule has 4 heteroatoms. The maximum absolute atomic E-state index is 12.1. The highest BCUT2D eigenvalue weighted by molar-refractivity contribution is 5.76. The molecule has 1 heterocycles. The lowest BCUT2D eigenvalue weighted by Crippen LogP contribution is -2.31. The largest absolute Gasteiger partial charge is 0.493 e. The van der Waals surface area contributed by atoms with Gasteiger partial charge < -0.3 is 14.5 Å². The number of fused-ring (bicyclic) bond motifs is 1. The minimum Gasteiger partial charge on any atom is -0.493 e. The van der Waals surface area contributed by atoms with Crippen LogP contribution in [0.15, 0.2) is 34.9 Å². The van der Waals surface area contributed by atoms with Crippen molar-refractivity contribution in [2.75, 3.05) is 6.61 Å². The fraction of sp³-hybridized carbons (Fsp3) is 0.421. The van der Waals surface area contributed by atoms with E-state index in [2.05, 4.69) is 19.2 Å². The van der Waals surface area contributed by atoms with E-state index in [0.717, 1.165) is 36.3 Å². The van der Waals surface area contributed by atoms with E-state index in [-0.39, 0.29) is 11.9 Å². The highest BCUT2D eigenvalue weighted by Gasteiger charge is 2.23. The molecule has 1 aliphatic carbocycles. The van der Waals surface area contributed by atoms with Crippen LogP contribution >= 0.6 is 0 Å². The molecule has 1 unspecified atom stereocenters. The van der Waals surface area contributed by atoms with Crippen molar-refractivity contribution in [1.29, 1.82) is 0 Å². The second-order valence-electron chi connectivity index (χ2n) is 6.16. The number of hydrogen-bond acceptors (Lipinski definition) is 3. The van der Waals surface area contributed by atoms with Crippen LogP contribution in [0.1, 0.15) is 47.8 Å². The van der Waals surface area contributed by atoms with Gasteiger partial charge in [0.1, 0.15) is 11.5 Å². The summed E-state index contributed by atoms with van der Waals surface area (Å²) in [6.45, 7) is 4.51. The lowest BCUT2D eigenvalue weighted by molar-refractivity contribution is -0.122. The van der Waals surface area contributed by atoms with E-state index in [0.29, 0.717) is 13.0 Å². The van der Waals surface area contributed by atoms with Crippen molar-refractivity contribution in [2.24, 2.45) is 0 Å². The zero-order valence-corrected chi connectivity index (χ0v) is 13.7. The van der Waals surface area contributed by atoms with Crippen molar-refractivity contribution in [3.8, 4) is 5.75 Å². The number of ether oxygens (including phenoxy) is 1. The molecule has 0 radical (unpaired) electrons. The van der Waals surface area contributed by atoms with Crippen LogP contribution in [-0.4, -0.2) is 12.5 Å². The number of nitrogens with one attached hydrogen (secondary N) is 1. The Labute approximate surface area is 136 Å². The Balaban J connectivity index is 1.48. The van der Waals surface area contributed by atoms with E-state index in [4.69, 9.17) is 9.15 Å². The summed E-state index contributed by atoms with van der Waals surface area (Å²) in [5.41, 5.74) is 3.56. The van der Waals surface area contributed by atoms with Crippen LogP contribution in [-0.2, 0) is 11.2 Å². The number of carbonyl (C=O) groups is 1. The normalized spacial score (nSPS) is 16.7. The molecule has 1 atom stereocenters. The topological polar surface area (TPSA) is 51.5 Å². The Morgan fingerprint density at radius 2 is 2.17 bits per heavy atom. The average Bonchev–Trinajstić information content (AvgIpc) is 3.00. The Bertz CT molecular complexity index is 690. The van der Waals surface area contributed by atoms with E-state index >= 15 is 0 Å². The van der Waals surface area contributed by atoms with Crippen LogP contribution < -0.4 is 10.1 Å². The molecule has 0 fully saturated rings. The van der Waals surface area contributed by atoms with Gasteiger partial charge in [0, 0.05) is 12.0 Å². The van der Waals surface area contributed by atoms with E-state index < -0.39 is 0 Å². The molecule has 1 aromatic heterocycles. The Kier molecular flexibility index (Phi) is 4.70. The molecule has 1 aromatic carbocycles. The fourth-order valence-electron chi connectivity index (χ4n) is 2.97. The minimum absolute atomic E-state index is 0.0212. The predicted molar refractivity (Wildman–Crippen MR) is 88.6 cm³/mol. The van der Waals surface area contributed by atoms with Crippen LogP contribution in [0.5, 0.6) is 5.75 Å². The van der Waals surface area contributed by atoms with Crippen LogP contribution in [0, 0.1) is 13.8 Å². The third-order valence-electron chi connectivity index (χ3n) is 4.46. The van der Waals surface area contributed by atoms with Gasteiger partial charge in [-0.05, 0) is 56.0 Å². The Hall–Kier alpha value is -2.23. The summed E-state index contributed by atoms with van der Waals surface area (Å²) in [6, 6.07) is 8.02. The van der Waals surface area contributed by atoms with Gasteiger partial charge in [0.25, 0.3) is 0 Å². The summed E-state index contributed by atoms with van der Waals surface area (Å²) < 4.78 is 11.1. The molecule has 4 nitrogen and oxygen atoms in total. The lowest BCUT2D eigenvalue weighted by Gasteiger charge is -2.22. The quantitative estimate of drug-likeness (QED) is 0.912. The fourth-order valence-corrected chi connectivity index (χ4v) is 2.97. The van der Waals surface area contributed by atoms with Gasteiger partial charge in [-0.1, -0.05) is 6.07 Å². The number of rotatable bonds is 5. The highest BCUT2D eigenvalue weighted by Crippen LogP contribution is 2.30. The third-order valence-corrected chi connectivity index (χ3v) is 4.46. The van der Waals surface area contributed by atoms with Crippen LogP contribution in [0.4, 0.5) is 0 Å². The molecule has 0 saturated heterocycles. The summed E-state index contributed by atoms with van der Waals surface area (Å²) in [5, 5.41) is 3.09. The van der Waals surface area contributed by atoms with Crippen LogP contribution in [0.2, 0.25) is 0 Å². The number of furan rings is 1. The number of carbonyl (C=O) groups excluding carboxylic acids is 1. The molecule has 1 aliphatic rings. The average molecular weight is 313 g/mol. The second-order valence-corrected chi connectivity index (χ2v) is 6.16. The maximum Gasteiger partial charge on any atom is 0.223 e. The number of hydrogen-bond donors (Lipinski definition) is 1. The first-order valence-corrected chi connectivity index (χ1v) is 8.19. The summed E-state index contributed by atoms with van der Waals surface area (Å²) >= 11 is 0.